The van der Waals surface area contributed by atoms with Crippen molar-refractivity contribution in [2.45, 2.75) is 53.1 Å². The Kier molecular flexibility index (Phi) is 6.92. The van der Waals surface area contributed by atoms with Gasteiger partial charge >= 0.3 is 11.9 Å². The highest BCUT2D eigenvalue weighted by Gasteiger charge is 2.17. The maximum Gasteiger partial charge on any atom is 0.311 e. The molecule has 0 bridgehead atoms. The molecular weight excluding hydrogens is 268 g/mol. The van der Waals surface area contributed by atoms with Crippen LogP contribution in [0, 0.1) is 12.8 Å². The number of carbonyl (C=O) groups excluding carboxylic acids is 2. The molecule has 0 N–H and O–H groups in total. The molecule has 0 fully saturated rings. The second kappa shape index (κ2) is 8.45. The molecule has 1 aromatic rings. The van der Waals surface area contributed by atoms with Crippen molar-refractivity contribution in [3.63, 3.8) is 0 Å². The summed E-state index contributed by atoms with van der Waals surface area (Å²) in [5, 5.41) is 0. The minimum atomic E-state index is -0.418. The van der Waals surface area contributed by atoms with Crippen molar-refractivity contribution < 1.29 is 19.1 Å². The van der Waals surface area contributed by atoms with Gasteiger partial charge in [0.15, 0.2) is 0 Å². The second-order valence-corrected chi connectivity index (χ2v) is 5.42. The predicted molar refractivity (Wildman–Crippen MR) is 81.1 cm³/mol. The summed E-state index contributed by atoms with van der Waals surface area (Å²) in [5.74, 6) is 0.0403. The Hall–Kier alpha value is -1.84. The Morgan fingerprint density at radius 3 is 2.29 bits per heavy atom. The summed E-state index contributed by atoms with van der Waals surface area (Å²) in [4.78, 5) is 23.4. The number of hydrogen-bond acceptors (Lipinski definition) is 4. The van der Waals surface area contributed by atoms with Crippen LogP contribution in [0.2, 0.25) is 0 Å². The van der Waals surface area contributed by atoms with E-state index in [1.54, 1.807) is 12.1 Å². The Morgan fingerprint density at radius 2 is 1.71 bits per heavy atom. The molecule has 0 saturated heterocycles. The van der Waals surface area contributed by atoms with Gasteiger partial charge in [-0.05, 0) is 30.9 Å². The van der Waals surface area contributed by atoms with Crippen molar-refractivity contribution in [3.05, 3.63) is 29.8 Å². The highest BCUT2D eigenvalue weighted by Crippen LogP contribution is 2.17. The van der Waals surface area contributed by atoms with Crippen molar-refractivity contribution in [2.24, 2.45) is 5.92 Å². The molecule has 0 spiro atoms. The van der Waals surface area contributed by atoms with Gasteiger partial charge in [0, 0.05) is 0 Å². The summed E-state index contributed by atoms with van der Waals surface area (Å²) in [6.45, 7) is 7.86. The van der Waals surface area contributed by atoms with Crippen LogP contribution in [0.5, 0.6) is 5.75 Å². The van der Waals surface area contributed by atoms with Crippen LogP contribution in [-0.2, 0) is 14.3 Å². The van der Waals surface area contributed by atoms with Crippen LogP contribution in [0.1, 0.15) is 45.6 Å². The zero-order valence-corrected chi connectivity index (χ0v) is 13.2. The number of esters is 2. The third kappa shape index (κ3) is 5.98. The highest BCUT2D eigenvalue weighted by molar-refractivity contribution is 5.79. The van der Waals surface area contributed by atoms with E-state index in [0.29, 0.717) is 5.75 Å². The number of hydrogen-bond donors (Lipinski definition) is 0. The van der Waals surface area contributed by atoms with E-state index in [1.165, 1.54) is 0 Å². The van der Waals surface area contributed by atoms with E-state index in [-0.39, 0.29) is 30.8 Å². The Morgan fingerprint density at radius 1 is 1.10 bits per heavy atom. The average Bonchev–Trinajstić information content (AvgIpc) is 2.44. The molecule has 1 unspecified atom stereocenters. The zero-order valence-electron chi connectivity index (χ0n) is 13.2. The first-order chi connectivity index (χ1) is 9.93. The van der Waals surface area contributed by atoms with Crippen LogP contribution >= 0.6 is 0 Å². The van der Waals surface area contributed by atoms with E-state index in [1.807, 2.05) is 39.8 Å². The van der Waals surface area contributed by atoms with E-state index in [0.717, 1.165) is 12.0 Å². The number of ether oxygens (including phenoxy) is 2. The molecule has 1 rings (SSSR count). The van der Waals surface area contributed by atoms with E-state index in [9.17, 15) is 9.59 Å². The second-order valence-electron chi connectivity index (χ2n) is 5.42. The Balaban J connectivity index is 2.39. The normalized spacial score (nSPS) is 12.0. The topological polar surface area (TPSA) is 52.6 Å². The van der Waals surface area contributed by atoms with Crippen LogP contribution < -0.4 is 4.74 Å². The molecule has 0 amide bonds. The van der Waals surface area contributed by atoms with Gasteiger partial charge in [-0.25, -0.2) is 0 Å². The summed E-state index contributed by atoms with van der Waals surface area (Å²) < 4.78 is 10.6. The summed E-state index contributed by atoms with van der Waals surface area (Å²) in [5.41, 5.74) is 0.888. The lowest BCUT2D eigenvalue weighted by Crippen LogP contribution is -2.23. The lowest BCUT2D eigenvalue weighted by Gasteiger charge is -2.19. The largest absolute Gasteiger partial charge is 0.462 e. The molecule has 1 atom stereocenters. The highest BCUT2D eigenvalue weighted by atomic mass is 16.5. The maximum atomic E-state index is 11.7. The maximum absolute atomic E-state index is 11.7. The molecular formula is C17H24O4. The number of carbonyl (C=O) groups is 2. The molecule has 4 heteroatoms. The first-order valence-electron chi connectivity index (χ1n) is 7.39. The molecule has 0 aliphatic carbocycles. The minimum absolute atomic E-state index is 0.0295. The molecule has 0 radical (unpaired) electrons. The third-order valence-corrected chi connectivity index (χ3v) is 3.28. The summed E-state index contributed by atoms with van der Waals surface area (Å²) in [6.07, 6.45) is 0.761. The van der Waals surface area contributed by atoms with E-state index in [4.69, 9.17) is 9.47 Å². The number of rotatable bonds is 7. The lowest BCUT2D eigenvalue weighted by atomic mass is 10.1. The lowest BCUT2D eigenvalue weighted by molar-refractivity contribution is -0.153. The first-order valence-corrected chi connectivity index (χ1v) is 7.39. The molecule has 0 aliphatic rings. The molecule has 1 aromatic carbocycles. The van der Waals surface area contributed by atoms with Crippen LogP contribution in [0.15, 0.2) is 24.3 Å². The van der Waals surface area contributed by atoms with Crippen molar-refractivity contribution in [1.82, 2.24) is 0 Å². The van der Waals surface area contributed by atoms with Crippen molar-refractivity contribution >= 4 is 11.9 Å². The molecule has 0 saturated carbocycles. The minimum Gasteiger partial charge on any atom is -0.462 e. The summed E-state index contributed by atoms with van der Waals surface area (Å²) in [6, 6.07) is 7.28. The van der Waals surface area contributed by atoms with E-state index in [2.05, 4.69) is 0 Å². The number of aryl methyl sites for hydroxylation is 1. The smallest absolute Gasteiger partial charge is 0.311 e. The van der Waals surface area contributed by atoms with Crippen LogP contribution in [0.3, 0.4) is 0 Å². The SMILES string of the molecule is CCC(OC(=O)CCC(=O)Oc1ccccc1C)C(C)C. The van der Waals surface area contributed by atoms with Gasteiger partial charge in [0.1, 0.15) is 11.9 Å². The average molecular weight is 292 g/mol. The van der Waals surface area contributed by atoms with Crippen LogP contribution in [0.4, 0.5) is 0 Å². The molecule has 0 heterocycles. The molecule has 0 aliphatic heterocycles. The fourth-order valence-electron chi connectivity index (χ4n) is 1.97. The Labute approximate surface area is 126 Å². The quantitative estimate of drug-likeness (QED) is 0.568. The Bertz CT molecular complexity index is 479. The van der Waals surface area contributed by atoms with Gasteiger partial charge in [0.25, 0.3) is 0 Å². The van der Waals surface area contributed by atoms with Gasteiger partial charge in [-0.1, -0.05) is 39.0 Å². The van der Waals surface area contributed by atoms with Gasteiger partial charge in [-0.3, -0.25) is 9.59 Å². The van der Waals surface area contributed by atoms with Crippen molar-refractivity contribution in [2.75, 3.05) is 0 Å². The van der Waals surface area contributed by atoms with E-state index >= 15 is 0 Å². The molecule has 4 nitrogen and oxygen atoms in total. The van der Waals surface area contributed by atoms with E-state index < -0.39 is 5.97 Å². The number of benzene rings is 1. The fourth-order valence-corrected chi connectivity index (χ4v) is 1.97. The summed E-state index contributed by atoms with van der Waals surface area (Å²) >= 11 is 0. The molecule has 21 heavy (non-hydrogen) atoms. The monoisotopic (exact) mass is 292 g/mol. The van der Waals surface area contributed by atoms with Crippen molar-refractivity contribution in [1.29, 1.82) is 0 Å². The standard InChI is InChI=1S/C17H24O4/c1-5-14(12(2)3)20-16(18)10-11-17(19)21-15-9-7-6-8-13(15)4/h6-9,12,14H,5,10-11H2,1-4H3. The predicted octanol–water partition coefficient (Wildman–Crippen LogP) is 3.66. The van der Waals surface area contributed by atoms with Gasteiger partial charge in [0.05, 0.1) is 12.8 Å². The van der Waals surface area contributed by atoms with Gasteiger partial charge < -0.3 is 9.47 Å². The third-order valence-electron chi connectivity index (χ3n) is 3.28. The van der Waals surface area contributed by atoms with Gasteiger partial charge in [0.2, 0.25) is 0 Å². The zero-order chi connectivity index (χ0) is 15.8. The van der Waals surface area contributed by atoms with Gasteiger partial charge in [-0.2, -0.15) is 0 Å². The van der Waals surface area contributed by atoms with Crippen molar-refractivity contribution in [3.8, 4) is 5.75 Å². The first kappa shape index (κ1) is 17.2. The van der Waals surface area contributed by atoms with Crippen LogP contribution in [0.25, 0.3) is 0 Å². The number of para-hydroxylation sites is 1. The van der Waals surface area contributed by atoms with Crippen LogP contribution in [-0.4, -0.2) is 18.0 Å². The fraction of sp³-hybridized carbons (Fsp3) is 0.529. The molecule has 116 valence electrons. The summed E-state index contributed by atoms with van der Waals surface area (Å²) in [7, 11) is 0. The molecule has 0 aromatic heterocycles. The van der Waals surface area contributed by atoms with Gasteiger partial charge in [-0.15, -0.1) is 0 Å².